The van der Waals surface area contributed by atoms with Gasteiger partial charge in [0, 0.05) is 28.8 Å². The van der Waals surface area contributed by atoms with Crippen LogP contribution in [-0.4, -0.2) is 30.3 Å². The lowest BCUT2D eigenvalue weighted by Gasteiger charge is -2.28. The zero-order chi connectivity index (χ0) is 22.0. The molecule has 0 radical (unpaired) electrons. The molecule has 1 aromatic heterocycles. The number of aromatic amines is 1. The summed E-state index contributed by atoms with van der Waals surface area (Å²) in [4.78, 5) is 0. The number of aromatic nitrogens is 2. The number of H-pyrrole nitrogens is 1. The molecule has 4 rings (SSSR count). The fourth-order valence-electron chi connectivity index (χ4n) is 3.79. The summed E-state index contributed by atoms with van der Waals surface area (Å²) in [6, 6.07) is 15.3. The molecule has 0 bridgehead atoms. The molecule has 2 N–H and O–H groups in total. The zero-order valence-corrected chi connectivity index (χ0v) is 17.4. The minimum Gasteiger partial charge on any atom is -0.497 e. The quantitative estimate of drug-likeness (QED) is 0.627. The van der Waals surface area contributed by atoms with Crippen LogP contribution in [0.2, 0.25) is 0 Å². The average molecular weight is 418 g/mol. The van der Waals surface area contributed by atoms with Crippen molar-refractivity contribution in [2.75, 3.05) is 14.2 Å². The molecule has 0 aliphatic carbocycles. The minimum absolute atomic E-state index is 0.114. The van der Waals surface area contributed by atoms with Crippen molar-refractivity contribution in [3.63, 3.8) is 0 Å². The number of nitrogens with zero attached hydrogens (tertiary/aromatic N) is 2. The Balaban J connectivity index is 1.70. The highest BCUT2D eigenvalue weighted by molar-refractivity contribution is 5.84. The highest BCUT2D eigenvalue weighted by atomic mass is 16.5. The standard InChI is InChI=1S/C23H22N4O4/c1-13-20-21(18(11-24)22(25)31-23(20)27-26-13)14-7-8-19(29-3)15(9-14)12-30-17-6-4-5-16(10-17)28-2/h4-10,18,21,25H,12H2,1-3H3,(H,26,27). The molecule has 158 valence electrons. The van der Waals surface area contributed by atoms with E-state index in [1.807, 2.05) is 49.4 Å². The lowest BCUT2D eigenvalue weighted by Crippen LogP contribution is -2.31. The van der Waals surface area contributed by atoms with Gasteiger partial charge in [0.25, 0.3) is 0 Å². The number of methoxy groups -OCH3 is 2. The highest BCUT2D eigenvalue weighted by Gasteiger charge is 2.40. The van der Waals surface area contributed by atoms with Crippen molar-refractivity contribution in [1.29, 1.82) is 10.7 Å². The minimum atomic E-state index is -0.760. The Kier molecular flexibility index (Phi) is 5.50. The molecule has 2 aromatic carbocycles. The van der Waals surface area contributed by atoms with Crippen LogP contribution in [0.3, 0.4) is 0 Å². The number of hydrogen-bond donors (Lipinski definition) is 2. The first-order chi connectivity index (χ1) is 15.0. The van der Waals surface area contributed by atoms with Crippen molar-refractivity contribution in [1.82, 2.24) is 10.2 Å². The van der Waals surface area contributed by atoms with Crippen molar-refractivity contribution >= 4 is 5.90 Å². The van der Waals surface area contributed by atoms with Crippen LogP contribution in [0, 0.1) is 29.6 Å². The van der Waals surface area contributed by atoms with Crippen LogP contribution in [0.25, 0.3) is 0 Å². The van der Waals surface area contributed by atoms with Gasteiger partial charge in [0.15, 0.2) is 0 Å². The van der Waals surface area contributed by atoms with Gasteiger partial charge >= 0.3 is 0 Å². The van der Waals surface area contributed by atoms with E-state index in [0.717, 1.165) is 22.4 Å². The van der Waals surface area contributed by atoms with Crippen LogP contribution >= 0.6 is 0 Å². The summed E-state index contributed by atoms with van der Waals surface area (Å²) in [5.74, 6) is 1.12. The molecular formula is C23H22N4O4. The summed E-state index contributed by atoms with van der Waals surface area (Å²) < 4.78 is 22.2. The number of hydrogen-bond acceptors (Lipinski definition) is 7. The Bertz CT molecular complexity index is 1160. The maximum atomic E-state index is 9.76. The van der Waals surface area contributed by atoms with Gasteiger partial charge in [0.1, 0.15) is 29.8 Å². The number of nitrogens with one attached hydrogen (secondary N) is 2. The van der Waals surface area contributed by atoms with E-state index in [9.17, 15) is 5.26 Å². The number of aryl methyl sites for hydroxylation is 1. The molecule has 0 spiro atoms. The van der Waals surface area contributed by atoms with Gasteiger partial charge in [0.2, 0.25) is 11.8 Å². The van der Waals surface area contributed by atoms with Crippen LogP contribution in [-0.2, 0) is 6.61 Å². The van der Waals surface area contributed by atoms with Gasteiger partial charge < -0.3 is 18.9 Å². The van der Waals surface area contributed by atoms with Gasteiger partial charge in [-0.25, -0.2) is 0 Å². The van der Waals surface area contributed by atoms with Crippen LogP contribution in [0.1, 0.15) is 28.3 Å². The number of ether oxygens (including phenoxy) is 4. The van der Waals surface area contributed by atoms with Crippen LogP contribution in [0.4, 0.5) is 0 Å². The van der Waals surface area contributed by atoms with Gasteiger partial charge in [-0.1, -0.05) is 12.1 Å². The Hall–Kier alpha value is -3.99. The van der Waals surface area contributed by atoms with Crippen molar-refractivity contribution in [3.8, 4) is 29.2 Å². The summed E-state index contributed by atoms with van der Waals surface area (Å²) in [7, 11) is 3.21. The predicted molar refractivity (Wildman–Crippen MR) is 113 cm³/mol. The van der Waals surface area contributed by atoms with Crippen molar-refractivity contribution in [3.05, 3.63) is 64.8 Å². The molecule has 3 aromatic rings. The van der Waals surface area contributed by atoms with E-state index in [1.165, 1.54) is 0 Å². The van der Waals surface area contributed by atoms with Crippen LogP contribution < -0.4 is 18.9 Å². The molecule has 2 atom stereocenters. The van der Waals surface area contributed by atoms with E-state index in [4.69, 9.17) is 24.4 Å². The maximum absolute atomic E-state index is 9.76. The van der Waals surface area contributed by atoms with E-state index < -0.39 is 5.92 Å². The van der Waals surface area contributed by atoms with Gasteiger partial charge in [0.05, 0.1) is 20.3 Å². The van der Waals surface area contributed by atoms with Crippen molar-refractivity contribution < 1.29 is 18.9 Å². The van der Waals surface area contributed by atoms with E-state index in [0.29, 0.717) is 23.1 Å². The number of rotatable bonds is 6. The molecule has 0 fully saturated rings. The summed E-state index contributed by atoms with van der Waals surface area (Å²) in [5, 5.41) is 25.0. The lowest BCUT2D eigenvalue weighted by molar-refractivity contribution is 0.294. The van der Waals surface area contributed by atoms with E-state index in [-0.39, 0.29) is 18.4 Å². The second kappa shape index (κ2) is 8.40. The largest absolute Gasteiger partial charge is 0.497 e. The normalized spacial score (nSPS) is 17.3. The van der Waals surface area contributed by atoms with Gasteiger partial charge in [-0.05, 0) is 36.8 Å². The monoisotopic (exact) mass is 418 g/mol. The van der Waals surface area contributed by atoms with Gasteiger partial charge in [-0.15, -0.1) is 5.10 Å². The van der Waals surface area contributed by atoms with Crippen molar-refractivity contribution in [2.24, 2.45) is 5.92 Å². The summed E-state index contributed by atoms with van der Waals surface area (Å²) in [5.41, 5.74) is 3.26. The summed E-state index contributed by atoms with van der Waals surface area (Å²) >= 11 is 0. The van der Waals surface area contributed by atoms with Crippen molar-refractivity contribution in [2.45, 2.75) is 19.4 Å². The SMILES string of the molecule is COc1cccc(OCc2cc(C3c4c(n[nH]c4C)OC(=N)C3C#N)ccc2OC)c1. The first-order valence-corrected chi connectivity index (χ1v) is 9.70. The smallest absolute Gasteiger partial charge is 0.243 e. The molecule has 8 heteroatoms. The first kappa shape index (κ1) is 20.3. The molecule has 1 aliphatic rings. The van der Waals surface area contributed by atoms with Crippen LogP contribution in [0.5, 0.6) is 23.1 Å². The molecule has 2 unspecified atom stereocenters. The fourth-order valence-corrected chi connectivity index (χ4v) is 3.79. The topological polar surface area (TPSA) is 113 Å². The Morgan fingerprint density at radius 1 is 1.16 bits per heavy atom. The van der Waals surface area contributed by atoms with Gasteiger partial charge in [-0.2, -0.15) is 5.26 Å². The molecule has 0 amide bonds. The second-order valence-electron chi connectivity index (χ2n) is 7.16. The average Bonchev–Trinajstić information content (AvgIpc) is 3.16. The number of benzene rings is 2. The number of nitriles is 1. The highest BCUT2D eigenvalue weighted by Crippen LogP contribution is 2.43. The fraction of sp³-hybridized carbons (Fsp3) is 0.261. The molecular weight excluding hydrogens is 396 g/mol. The first-order valence-electron chi connectivity index (χ1n) is 9.70. The number of fused-ring (bicyclic) bond motifs is 1. The van der Waals surface area contributed by atoms with E-state index in [1.54, 1.807) is 14.2 Å². The molecule has 0 saturated carbocycles. The summed E-state index contributed by atoms with van der Waals surface area (Å²) in [6.45, 7) is 2.14. The third kappa shape index (κ3) is 3.78. The Labute approximate surface area is 179 Å². The van der Waals surface area contributed by atoms with Crippen LogP contribution in [0.15, 0.2) is 42.5 Å². The van der Waals surface area contributed by atoms with E-state index in [2.05, 4.69) is 16.3 Å². The molecule has 31 heavy (non-hydrogen) atoms. The van der Waals surface area contributed by atoms with Gasteiger partial charge in [-0.3, -0.25) is 10.5 Å². The predicted octanol–water partition coefficient (Wildman–Crippen LogP) is 3.96. The third-order valence-electron chi connectivity index (χ3n) is 5.33. The Morgan fingerprint density at radius 3 is 2.71 bits per heavy atom. The zero-order valence-electron chi connectivity index (χ0n) is 17.4. The molecule has 0 saturated heterocycles. The Morgan fingerprint density at radius 2 is 1.97 bits per heavy atom. The molecule has 8 nitrogen and oxygen atoms in total. The summed E-state index contributed by atoms with van der Waals surface area (Å²) in [6.07, 6.45) is 0. The maximum Gasteiger partial charge on any atom is 0.243 e. The third-order valence-corrected chi connectivity index (χ3v) is 5.33. The lowest BCUT2D eigenvalue weighted by atomic mass is 9.79. The molecule has 1 aliphatic heterocycles. The van der Waals surface area contributed by atoms with E-state index >= 15 is 0 Å². The molecule has 2 heterocycles. The second-order valence-corrected chi connectivity index (χ2v) is 7.16.